The fourth-order valence-corrected chi connectivity index (χ4v) is 3.93. The van der Waals surface area contributed by atoms with Crippen molar-refractivity contribution >= 4 is 11.6 Å². The van der Waals surface area contributed by atoms with Gasteiger partial charge in [-0.05, 0) is 47.4 Å². The Hall–Kier alpha value is -2.76. The molecule has 3 heterocycles. The summed E-state index contributed by atoms with van der Waals surface area (Å²) in [6.07, 6.45) is 4.83. The first-order valence-corrected chi connectivity index (χ1v) is 8.81. The Morgan fingerprint density at radius 3 is 2.88 bits per heavy atom. The van der Waals surface area contributed by atoms with Crippen molar-refractivity contribution in [3.8, 4) is 0 Å². The molecule has 6 heteroatoms. The van der Waals surface area contributed by atoms with Gasteiger partial charge in [-0.1, -0.05) is 37.3 Å². The number of hydrogen-bond acceptors (Lipinski definition) is 4. The second-order valence-corrected chi connectivity index (χ2v) is 6.53. The van der Waals surface area contributed by atoms with Gasteiger partial charge in [0.05, 0.1) is 5.56 Å². The zero-order valence-corrected chi connectivity index (χ0v) is 14.2. The molecule has 0 unspecified atom stereocenters. The number of benzene rings is 1. The number of fused-ring (bicyclic) bond motifs is 1. The number of rotatable bonds is 4. The van der Waals surface area contributed by atoms with E-state index in [1.807, 2.05) is 17.0 Å². The minimum atomic E-state index is 0.0641. The number of aromatic nitrogens is 4. The summed E-state index contributed by atoms with van der Waals surface area (Å²) in [6.45, 7) is 3.01. The predicted octanol–water partition coefficient (Wildman–Crippen LogP) is 2.92. The van der Waals surface area contributed by atoms with Crippen molar-refractivity contribution in [1.82, 2.24) is 24.9 Å². The van der Waals surface area contributed by atoms with Gasteiger partial charge in [0.2, 0.25) is 0 Å². The standard InChI is InChI=1S/C19H21N5O/c1-2-16(14-7-4-3-5-8-14)17-9-6-12-23(17)19(25)15-10-11-18-20-21-22-24(18)13-15/h3-5,7-8,10-11,13,16-17H,2,6,9,12H2,1H3/t16-,17+/m1/s1. The third-order valence-corrected chi connectivity index (χ3v) is 5.13. The summed E-state index contributed by atoms with van der Waals surface area (Å²) < 4.78 is 1.55. The van der Waals surface area contributed by atoms with Crippen LogP contribution in [0.5, 0.6) is 0 Å². The number of likely N-dealkylation sites (tertiary alicyclic amines) is 1. The van der Waals surface area contributed by atoms with E-state index in [4.69, 9.17) is 0 Å². The van der Waals surface area contributed by atoms with E-state index in [1.165, 1.54) is 5.56 Å². The first-order chi connectivity index (χ1) is 12.3. The van der Waals surface area contributed by atoms with Crippen LogP contribution in [-0.4, -0.2) is 43.4 Å². The molecule has 0 aliphatic carbocycles. The number of amides is 1. The Kier molecular flexibility index (Phi) is 4.17. The van der Waals surface area contributed by atoms with Gasteiger partial charge in [0.15, 0.2) is 5.65 Å². The molecule has 0 bridgehead atoms. The number of carbonyl (C=O) groups excluding carboxylic acids is 1. The quantitative estimate of drug-likeness (QED) is 0.735. The van der Waals surface area contributed by atoms with Crippen molar-refractivity contribution in [3.05, 3.63) is 59.8 Å². The summed E-state index contributed by atoms with van der Waals surface area (Å²) in [7, 11) is 0. The molecule has 0 spiro atoms. The fourth-order valence-electron chi connectivity index (χ4n) is 3.93. The number of tetrazole rings is 1. The van der Waals surface area contributed by atoms with E-state index < -0.39 is 0 Å². The second-order valence-electron chi connectivity index (χ2n) is 6.53. The first-order valence-electron chi connectivity index (χ1n) is 8.81. The van der Waals surface area contributed by atoms with Gasteiger partial charge in [0, 0.05) is 24.7 Å². The average molecular weight is 335 g/mol. The van der Waals surface area contributed by atoms with E-state index in [9.17, 15) is 4.79 Å². The van der Waals surface area contributed by atoms with E-state index in [2.05, 4.69) is 46.7 Å². The summed E-state index contributed by atoms with van der Waals surface area (Å²) in [4.78, 5) is 15.2. The van der Waals surface area contributed by atoms with Crippen LogP contribution < -0.4 is 0 Å². The van der Waals surface area contributed by atoms with Gasteiger partial charge < -0.3 is 4.90 Å². The zero-order chi connectivity index (χ0) is 17.2. The van der Waals surface area contributed by atoms with Gasteiger partial charge in [-0.3, -0.25) is 4.79 Å². The molecular weight excluding hydrogens is 314 g/mol. The molecule has 2 aromatic heterocycles. The van der Waals surface area contributed by atoms with E-state index in [0.29, 0.717) is 17.1 Å². The van der Waals surface area contributed by atoms with Gasteiger partial charge in [0.1, 0.15) is 0 Å². The highest BCUT2D eigenvalue weighted by Crippen LogP contribution is 2.34. The lowest BCUT2D eigenvalue weighted by Gasteiger charge is -2.31. The van der Waals surface area contributed by atoms with Crippen LogP contribution in [0.25, 0.3) is 5.65 Å². The number of carbonyl (C=O) groups is 1. The van der Waals surface area contributed by atoms with Crippen LogP contribution in [0.4, 0.5) is 0 Å². The number of hydrogen-bond donors (Lipinski definition) is 0. The SMILES string of the molecule is CC[C@H](c1ccccc1)[C@@H]1CCCN1C(=O)c1ccc2nnnn2c1. The maximum Gasteiger partial charge on any atom is 0.255 e. The minimum Gasteiger partial charge on any atom is -0.335 e. The molecule has 0 radical (unpaired) electrons. The van der Waals surface area contributed by atoms with Crippen molar-refractivity contribution in [1.29, 1.82) is 0 Å². The maximum absolute atomic E-state index is 13.1. The number of pyridine rings is 1. The Morgan fingerprint density at radius 2 is 2.08 bits per heavy atom. The molecule has 1 amide bonds. The monoisotopic (exact) mass is 335 g/mol. The van der Waals surface area contributed by atoms with Gasteiger partial charge in [-0.15, -0.1) is 5.10 Å². The van der Waals surface area contributed by atoms with E-state index >= 15 is 0 Å². The van der Waals surface area contributed by atoms with Gasteiger partial charge >= 0.3 is 0 Å². The summed E-state index contributed by atoms with van der Waals surface area (Å²) in [5.74, 6) is 0.429. The largest absolute Gasteiger partial charge is 0.335 e. The molecule has 0 N–H and O–H groups in total. The van der Waals surface area contributed by atoms with Crippen LogP contribution in [0.2, 0.25) is 0 Å². The average Bonchev–Trinajstić information content (AvgIpc) is 3.31. The fraction of sp³-hybridized carbons (Fsp3) is 0.368. The molecule has 128 valence electrons. The lowest BCUT2D eigenvalue weighted by atomic mass is 9.87. The van der Waals surface area contributed by atoms with Crippen molar-refractivity contribution in [2.75, 3.05) is 6.54 Å². The topological polar surface area (TPSA) is 63.4 Å². The van der Waals surface area contributed by atoms with Crippen LogP contribution in [0.1, 0.15) is 48.0 Å². The third-order valence-electron chi connectivity index (χ3n) is 5.13. The lowest BCUT2D eigenvalue weighted by molar-refractivity contribution is 0.0714. The molecule has 1 fully saturated rings. The molecular formula is C19H21N5O. The Labute approximate surface area is 146 Å². The first kappa shape index (κ1) is 15.7. The van der Waals surface area contributed by atoms with Crippen LogP contribution in [0.15, 0.2) is 48.7 Å². The molecule has 0 saturated carbocycles. The Bertz CT molecular complexity index is 876. The van der Waals surface area contributed by atoms with E-state index in [1.54, 1.807) is 16.8 Å². The Balaban J connectivity index is 1.62. The highest BCUT2D eigenvalue weighted by Gasteiger charge is 2.35. The highest BCUT2D eigenvalue weighted by atomic mass is 16.2. The molecule has 3 aromatic rings. The molecule has 6 nitrogen and oxygen atoms in total. The van der Waals surface area contributed by atoms with Crippen LogP contribution in [0, 0.1) is 0 Å². The maximum atomic E-state index is 13.1. The predicted molar refractivity (Wildman–Crippen MR) is 94.3 cm³/mol. The van der Waals surface area contributed by atoms with Gasteiger partial charge in [-0.25, -0.2) is 0 Å². The molecule has 2 atom stereocenters. The zero-order valence-electron chi connectivity index (χ0n) is 14.2. The summed E-state index contributed by atoms with van der Waals surface area (Å²) in [6, 6.07) is 14.4. The molecule has 1 aliphatic heterocycles. The highest BCUT2D eigenvalue weighted by molar-refractivity contribution is 5.94. The molecule has 1 saturated heterocycles. The van der Waals surface area contributed by atoms with Crippen molar-refractivity contribution in [2.24, 2.45) is 0 Å². The second kappa shape index (κ2) is 6.63. The van der Waals surface area contributed by atoms with Gasteiger partial charge in [-0.2, -0.15) is 4.52 Å². The number of nitrogens with zero attached hydrogens (tertiary/aromatic N) is 5. The lowest BCUT2D eigenvalue weighted by Crippen LogP contribution is -2.39. The third kappa shape index (κ3) is 2.88. The van der Waals surface area contributed by atoms with Crippen LogP contribution >= 0.6 is 0 Å². The molecule has 1 aliphatic rings. The van der Waals surface area contributed by atoms with E-state index in [-0.39, 0.29) is 11.9 Å². The smallest absolute Gasteiger partial charge is 0.255 e. The summed E-state index contributed by atoms with van der Waals surface area (Å²) in [5, 5.41) is 11.4. The van der Waals surface area contributed by atoms with Crippen molar-refractivity contribution in [3.63, 3.8) is 0 Å². The summed E-state index contributed by atoms with van der Waals surface area (Å²) >= 11 is 0. The van der Waals surface area contributed by atoms with Crippen molar-refractivity contribution < 1.29 is 4.79 Å². The minimum absolute atomic E-state index is 0.0641. The van der Waals surface area contributed by atoms with Crippen LogP contribution in [0.3, 0.4) is 0 Å². The van der Waals surface area contributed by atoms with Gasteiger partial charge in [0.25, 0.3) is 5.91 Å². The molecule has 1 aromatic carbocycles. The molecule has 25 heavy (non-hydrogen) atoms. The summed E-state index contributed by atoms with van der Waals surface area (Å²) in [5.41, 5.74) is 2.59. The normalized spacial score (nSPS) is 18.6. The van der Waals surface area contributed by atoms with Crippen molar-refractivity contribution in [2.45, 2.75) is 38.1 Å². The molecule has 4 rings (SSSR count). The Morgan fingerprint density at radius 1 is 1.24 bits per heavy atom. The van der Waals surface area contributed by atoms with E-state index in [0.717, 1.165) is 25.8 Å². The van der Waals surface area contributed by atoms with Crippen LogP contribution in [-0.2, 0) is 0 Å².